The van der Waals surface area contributed by atoms with Gasteiger partial charge in [-0.1, -0.05) is 12.8 Å². The Morgan fingerprint density at radius 2 is 2.05 bits per heavy atom. The predicted molar refractivity (Wildman–Crippen MR) is 72.8 cm³/mol. The third-order valence-electron chi connectivity index (χ3n) is 4.23. The van der Waals surface area contributed by atoms with Crippen molar-refractivity contribution in [2.24, 2.45) is 0 Å². The quantitative estimate of drug-likeness (QED) is 0.905. The highest BCUT2D eigenvalue weighted by molar-refractivity contribution is 9.10. The van der Waals surface area contributed by atoms with E-state index in [0.29, 0.717) is 24.3 Å². The van der Waals surface area contributed by atoms with Gasteiger partial charge < -0.3 is 14.6 Å². The number of hydrogen-bond acceptors (Lipinski definition) is 3. The fourth-order valence-electron chi connectivity index (χ4n) is 3.17. The minimum Gasteiger partial charge on any atom is -0.481 e. The number of carbonyl (C=O) groups is 1. The molecule has 2 aliphatic rings. The number of fused-ring (bicyclic) bond motifs is 1. The number of ether oxygens (including phenoxy) is 2. The summed E-state index contributed by atoms with van der Waals surface area (Å²) in [4.78, 5) is 11.8. The van der Waals surface area contributed by atoms with Crippen molar-refractivity contribution in [1.82, 2.24) is 0 Å². The molecule has 0 unspecified atom stereocenters. The molecule has 3 rings (SSSR count). The molecule has 1 aromatic rings. The van der Waals surface area contributed by atoms with Crippen molar-refractivity contribution >= 4 is 21.9 Å². The number of benzene rings is 1. The van der Waals surface area contributed by atoms with Crippen LogP contribution < -0.4 is 9.47 Å². The fourth-order valence-corrected chi connectivity index (χ4v) is 3.69. The van der Waals surface area contributed by atoms with Gasteiger partial charge in [-0.15, -0.1) is 0 Å². The second kappa shape index (κ2) is 4.40. The molecule has 1 aliphatic carbocycles. The zero-order valence-corrected chi connectivity index (χ0v) is 12.2. The van der Waals surface area contributed by atoms with E-state index in [-0.39, 0.29) is 6.79 Å². The van der Waals surface area contributed by atoms with Crippen LogP contribution in [0.15, 0.2) is 10.5 Å². The number of carboxylic acids is 1. The summed E-state index contributed by atoms with van der Waals surface area (Å²) < 4.78 is 11.6. The van der Waals surface area contributed by atoms with Gasteiger partial charge in [0.2, 0.25) is 6.79 Å². The minimum atomic E-state index is -0.770. The lowest BCUT2D eigenvalue weighted by molar-refractivity contribution is -0.143. The van der Waals surface area contributed by atoms with Crippen molar-refractivity contribution in [2.75, 3.05) is 6.79 Å². The smallest absolute Gasteiger partial charge is 0.314 e. The summed E-state index contributed by atoms with van der Waals surface area (Å²) >= 11 is 3.50. The van der Waals surface area contributed by atoms with E-state index in [0.717, 1.165) is 28.4 Å². The summed E-state index contributed by atoms with van der Waals surface area (Å²) in [6.07, 6.45) is 3.29. The Labute approximate surface area is 119 Å². The lowest BCUT2D eigenvalue weighted by Crippen LogP contribution is -2.33. The van der Waals surface area contributed by atoms with Gasteiger partial charge in [-0.3, -0.25) is 4.79 Å². The monoisotopic (exact) mass is 326 g/mol. The van der Waals surface area contributed by atoms with E-state index < -0.39 is 11.4 Å². The van der Waals surface area contributed by atoms with Gasteiger partial charge in [0.15, 0.2) is 11.5 Å². The molecular formula is C14H15BrO4. The number of halogens is 1. The van der Waals surface area contributed by atoms with Crippen LogP contribution in [0, 0.1) is 6.92 Å². The molecule has 1 saturated carbocycles. The Bertz CT molecular complexity index is 547. The second-order valence-corrected chi connectivity index (χ2v) is 5.98. The summed E-state index contributed by atoms with van der Waals surface area (Å²) in [5.74, 6) is 0.582. The topological polar surface area (TPSA) is 55.8 Å². The van der Waals surface area contributed by atoms with Crippen molar-refractivity contribution in [2.45, 2.75) is 38.0 Å². The Morgan fingerprint density at radius 3 is 2.68 bits per heavy atom. The molecule has 1 N–H and O–H groups in total. The van der Waals surface area contributed by atoms with Crippen LogP contribution >= 0.6 is 15.9 Å². The van der Waals surface area contributed by atoms with Crippen LogP contribution in [0.4, 0.5) is 0 Å². The van der Waals surface area contributed by atoms with E-state index in [9.17, 15) is 9.90 Å². The Morgan fingerprint density at radius 1 is 1.37 bits per heavy atom. The maximum atomic E-state index is 11.8. The van der Waals surface area contributed by atoms with Crippen LogP contribution in [0.2, 0.25) is 0 Å². The molecular weight excluding hydrogens is 312 g/mol. The van der Waals surface area contributed by atoms with Crippen LogP contribution in [0.25, 0.3) is 0 Å². The highest BCUT2D eigenvalue weighted by Gasteiger charge is 2.45. The molecule has 0 saturated heterocycles. The molecule has 0 atom stereocenters. The first-order valence-corrected chi connectivity index (χ1v) is 7.18. The number of carboxylic acid groups (broad SMARTS) is 1. The van der Waals surface area contributed by atoms with Gasteiger partial charge in [-0.25, -0.2) is 0 Å². The highest BCUT2D eigenvalue weighted by atomic mass is 79.9. The van der Waals surface area contributed by atoms with E-state index in [4.69, 9.17) is 9.47 Å². The van der Waals surface area contributed by atoms with Crippen molar-refractivity contribution in [1.29, 1.82) is 0 Å². The third-order valence-corrected chi connectivity index (χ3v) is 5.19. The van der Waals surface area contributed by atoms with Crippen LogP contribution in [0.3, 0.4) is 0 Å². The molecule has 0 bridgehead atoms. The molecule has 0 radical (unpaired) electrons. The SMILES string of the molecule is Cc1c(C2(C(=O)O)CCCC2)cc2c(c1Br)OCO2. The minimum absolute atomic E-state index is 0.191. The number of rotatable bonds is 2. The summed E-state index contributed by atoms with van der Waals surface area (Å²) in [5.41, 5.74) is 1.02. The Balaban J connectivity index is 2.20. The van der Waals surface area contributed by atoms with Gasteiger partial charge >= 0.3 is 5.97 Å². The maximum Gasteiger partial charge on any atom is 0.314 e. The lowest BCUT2D eigenvalue weighted by atomic mass is 9.77. The highest BCUT2D eigenvalue weighted by Crippen LogP contribution is 2.50. The molecule has 102 valence electrons. The van der Waals surface area contributed by atoms with Crippen LogP contribution in [0.5, 0.6) is 11.5 Å². The first kappa shape index (κ1) is 12.8. The normalized spacial score (nSPS) is 19.7. The van der Waals surface area contributed by atoms with Crippen molar-refractivity contribution < 1.29 is 19.4 Å². The van der Waals surface area contributed by atoms with Gasteiger partial charge in [-0.05, 0) is 52.9 Å². The molecule has 4 nitrogen and oxygen atoms in total. The molecule has 0 spiro atoms. The average Bonchev–Trinajstić information content (AvgIpc) is 3.02. The summed E-state index contributed by atoms with van der Waals surface area (Å²) in [6, 6.07) is 1.85. The molecule has 5 heteroatoms. The zero-order valence-electron chi connectivity index (χ0n) is 10.7. The number of aliphatic carboxylic acids is 1. The molecule has 19 heavy (non-hydrogen) atoms. The van der Waals surface area contributed by atoms with Gasteiger partial charge in [0.25, 0.3) is 0 Å². The largest absolute Gasteiger partial charge is 0.481 e. The summed E-state index contributed by atoms with van der Waals surface area (Å²) in [6.45, 7) is 2.13. The second-order valence-electron chi connectivity index (χ2n) is 5.19. The van der Waals surface area contributed by atoms with E-state index >= 15 is 0 Å². The molecule has 0 amide bonds. The van der Waals surface area contributed by atoms with Crippen molar-refractivity contribution in [3.63, 3.8) is 0 Å². The molecule has 1 aromatic carbocycles. The van der Waals surface area contributed by atoms with Crippen molar-refractivity contribution in [3.8, 4) is 11.5 Å². The molecule has 0 aromatic heterocycles. The van der Waals surface area contributed by atoms with Crippen molar-refractivity contribution in [3.05, 3.63) is 21.7 Å². The van der Waals surface area contributed by atoms with Crippen LogP contribution in [-0.2, 0) is 10.2 Å². The maximum absolute atomic E-state index is 11.8. The summed E-state index contributed by atoms with van der Waals surface area (Å²) in [7, 11) is 0. The zero-order chi connectivity index (χ0) is 13.6. The van der Waals surface area contributed by atoms with E-state index in [2.05, 4.69) is 15.9 Å². The molecule has 1 heterocycles. The Hall–Kier alpha value is -1.23. The lowest BCUT2D eigenvalue weighted by Gasteiger charge is -2.27. The summed E-state index contributed by atoms with van der Waals surface area (Å²) in [5, 5.41) is 9.69. The van der Waals surface area contributed by atoms with E-state index in [1.807, 2.05) is 13.0 Å². The van der Waals surface area contributed by atoms with Gasteiger partial charge in [0.1, 0.15) is 0 Å². The standard InChI is InChI=1S/C14H15BrO4/c1-8-9(14(13(16)17)4-2-3-5-14)6-10-12(11(8)15)19-7-18-10/h6H,2-5,7H2,1H3,(H,16,17). The van der Waals surface area contributed by atoms with Gasteiger partial charge in [0, 0.05) is 0 Å². The fraction of sp³-hybridized carbons (Fsp3) is 0.500. The van der Waals surface area contributed by atoms with Gasteiger partial charge in [-0.2, -0.15) is 0 Å². The van der Waals surface area contributed by atoms with Gasteiger partial charge in [0.05, 0.1) is 9.89 Å². The molecule has 1 fully saturated rings. The molecule has 1 aliphatic heterocycles. The Kier molecular flexibility index (Phi) is 2.96. The predicted octanol–water partition coefficient (Wildman–Crippen LogP) is 3.38. The van der Waals surface area contributed by atoms with Crippen LogP contribution in [0.1, 0.15) is 36.8 Å². The van der Waals surface area contributed by atoms with E-state index in [1.165, 1.54) is 0 Å². The third kappa shape index (κ3) is 1.75. The first-order valence-electron chi connectivity index (χ1n) is 6.39. The van der Waals surface area contributed by atoms with Crippen LogP contribution in [-0.4, -0.2) is 17.9 Å². The average molecular weight is 327 g/mol. The number of hydrogen-bond donors (Lipinski definition) is 1. The first-order chi connectivity index (χ1) is 9.06. The van der Waals surface area contributed by atoms with E-state index in [1.54, 1.807) is 0 Å².